The summed E-state index contributed by atoms with van der Waals surface area (Å²) in [5, 5.41) is 19.9. The van der Waals surface area contributed by atoms with Gasteiger partial charge in [-0.25, -0.2) is 13.2 Å². The first-order valence-corrected chi connectivity index (χ1v) is 15.7. The van der Waals surface area contributed by atoms with Crippen LogP contribution < -0.4 is 9.46 Å². The first kappa shape index (κ1) is 33.4. The lowest BCUT2D eigenvalue weighted by atomic mass is 10.0. The second-order valence-corrected chi connectivity index (χ2v) is 12.9. The summed E-state index contributed by atoms with van der Waals surface area (Å²) in [5.74, 6) is -1.26. The topological polar surface area (TPSA) is 155 Å². The molecule has 1 fully saturated rings. The smallest absolute Gasteiger partial charge is 0.410 e. The molecule has 2 aromatic carbocycles. The molecular formula is C31H39N3O8S. The molecule has 11 nitrogen and oxygen atoms in total. The fraction of sp³-hybridized carbons (Fsp3) is 0.452. The first-order valence-electron chi connectivity index (χ1n) is 14.1. The van der Waals surface area contributed by atoms with E-state index >= 15 is 0 Å². The van der Waals surface area contributed by atoms with Gasteiger partial charge < -0.3 is 24.2 Å². The van der Waals surface area contributed by atoms with Crippen molar-refractivity contribution in [3.05, 3.63) is 65.2 Å². The Morgan fingerprint density at radius 2 is 1.91 bits per heavy atom. The molecule has 1 unspecified atom stereocenters. The van der Waals surface area contributed by atoms with Crippen LogP contribution in [0.15, 0.2) is 48.5 Å². The van der Waals surface area contributed by atoms with Gasteiger partial charge in [0, 0.05) is 32.4 Å². The van der Waals surface area contributed by atoms with Gasteiger partial charge in [-0.15, -0.1) is 0 Å². The van der Waals surface area contributed by atoms with Gasteiger partial charge in [0.1, 0.15) is 17.5 Å². The summed E-state index contributed by atoms with van der Waals surface area (Å²) in [6.07, 6.45) is 2.85. The maximum atomic E-state index is 12.7. The van der Waals surface area contributed by atoms with Gasteiger partial charge in [0.05, 0.1) is 30.0 Å². The van der Waals surface area contributed by atoms with Gasteiger partial charge in [0.2, 0.25) is 10.0 Å². The van der Waals surface area contributed by atoms with Crippen LogP contribution in [-0.4, -0.2) is 73.7 Å². The summed E-state index contributed by atoms with van der Waals surface area (Å²) >= 11 is 0. The maximum absolute atomic E-state index is 12.7. The molecule has 2 N–H and O–H groups in total. The van der Waals surface area contributed by atoms with Crippen LogP contribution in [0.5, 0.6) is 5.75 Å². The fourth-order valence-electron chi connectivity index (χ4n) is 4.38. The number of ether oxygens (including phenoxy) is 3. The van der Waals surface area contributed by atoms with Crippen LogP contribution in [0.25, 0.3) is 6.08 Å². The van der Waals surface area contributed by atoms with E-state index in [1.54, 1.807) is 60.4 Å². The molecule has 1 amide bonds. The summed E-state index contributed by atoms with van der Waals surface area (Å²) in [6.45, 7) is 8.02. The van der Waals surface area contributed by atoms with E-state index in [9.17, 15) is 23.1 Å². The Morgan fingerprint density at radius 3 is 2.56 bits per heavy atom. The predicted octanol–water partition coefficient (Wildman–Crippen LogP) is 4.26. The standard InChI is InChI=1S/C31H39N3O8S/c1-5-40-29(36)21-43(38,39)33-28-12-11-27(41-26-13-15-34(16-14-26)30(37)42-31(2,3)4)19-24(28)18-25(35)10-9-22-7-6-8-23(17-22)20-32/h6-12,17,19,25-26,33,35H,5,13-16,18,21H2,1-4H3/b10-9+. The van der Waals surface area contributed by atoms with Gasteiger partial charge in [-0.1, -0.05) is 24.3 Å². The average Bonchev–Trinajstić information content (AvgIpc) is 2.92. The molecule has 43 heavy (non-hydrogen) atoms. The molecule has 1 heterocycles. The zero-order valence-electron chi connectivity index (χ0n) is 24.9. The number of esters is 1. The fourth-order valence-corrected chi connectivity index (χ4v) is 5.38. The molecule has 232 valence electrons. The van der Waals surface area contributed by atoms with Crippen LogP contribution in [0, 0.1) is 11.3 Å². The van der Waals surface area contributed by atoms with Crippen LogP contribution in [-0.2, 0) is 30.7 Å². The van der Waals surface area contributed by atoms with E-state index in [4.69, 9.17) is 19.5 Å². The van der Waals surface area contributed by atoms with Crippen LogP contribution >= 0.6 is 0 Å². The Balaban J connectivity index is 1.75. The molecular weight excluding hydrogens is 574 g/mol. The molecule has 12 heteroatoms. The van der Waals surface area contributed by atoms with Gasteiger partial charge in [0.25, 0.3) is 0 Å². The number of nitrogens with one attached hydrogen (secondary N) is 1. The number of rotatable bonds is 11. The number of hydrogen-bond donors (Lipinski definition) is 2. The number of aliphatic hydroxyl groups excluding tert-OH is 1. The lowest BCUT2D eigenvalue weighted by Crippen LogP contribution is -2.44. The summed E-state index contributed by atoms with van der Waals surface area (Å²) in [5.41, 5.74) is 1.26. The van der Waals surface area contributed by atoms with E-state index in [2.05, 4.69) is 10.8 Å². The SMILES string of the molecule is CCOC(=O)CS(=O)(=O)Nc1ccc(OC2CCN(C(=O)OC(C)(C)C)CC2)cc1CC(O)/C=C/c1cccc(C#N)c1. The molecule has 1 saturated heterocycles. The molecule has 0 radical (unpaired) electrons. The quantitative estimate of drug-likeness (QED) is 0.354. The number of carbonyl (C=O) groups is 2. The van der Waals surface area contributed by atoms with Crippen molar-refractivity contribution in [2.75, 3.05) is 30.2 Å². The largest absolute Gasteiger partial charge is 0.490 e. The minimum Gasteiger partial charge on any atom is -0.490 e. The summed E-state index contributed by atoms with van der Waals surface area (Å²) < 4.78 is 44.2. The van der Waals surface area contributed by atoms with Crippen LogP contribution in [0.4, 0.5) is 10.5 Å². The second-order valence-electron chi connectivity index (χ2n) is 11.1. The number of amides is 1. The number of nitrogens with zero attached hydrogens (tertiary/aromatic N) is 2. The highest BCUT2D eigenvalue weighted by Crippen LogP contribution is 2.28. The van der Waals surface area contributed by atoms with Gasteiger partial charge in [0.15, 0.2) is 5.75 Å². The van der Waals surface area contributed by atoms with Gasteiger partial charge in [-0.05, 0) is 69.2 Å². The molecule has 0 bridgehead atoms. The summed E-state index contributed by atoms with van der Waals surface area (Å²) in [4.78, 5) is 25.9. The van der Waals surface area contributed by atoms with Crippen molar-refractivity contribution in [2.45, 2.75) is 64.8 Å². The first-order chi connectivity index (χ1) is 20.3. The Labute approximate surface area is 253 Å². The predicted molar refractivity (Wildman–Crippen MR) is 162 cm³/mol. The van der Waals surface area contributed by atoms with E-state index in [1.807, 2.05) is 20.8 Å². The number of sulfonamides is 1. The number of nitriles is 1. The number of likely N-dealkylation sites (tertiary alicyclic amines) is 1. The van der Waals surface area contributed by atoms with E-state index in [0.29, 0.717) is 42.8 Å². The maximum Gasteiger partial charge on any atom is 0.410 e. The highest BCUT2D eigenvalue weighted by Gasteiger charge is 2.28. The molecule has 0 aromatic heterocycles. The molecule has 2 aromatic rings. The molecule has 0 saturated carbocycles. The highest BCUT2D eigenvalue weighted by atomic mass is 32.2. The lowest BCUT2D eigenvalue weighted by Gasteiger charge is -2.33. The number of hydrogen-bond acceptors (Lipinski definition) is 9. The van der Waals surface area contributed by atoms with Gasteiger partial charge in [-0.2, -0.15) is 5.26 Å². The Morgan fingerprint density at radius 1 is 1.19 bits per heavy atom. The number of benzene rings is 2. The Hall–Kier alpha value is -4.08. The Kier molecular flexibility index (Phi) is 11.6. The van der Waals surface area contributed by atoms with Crippen molar-refractivity contribution in [3.8, 4) is 11.8 Å². The molecule has 0 aliphatic carbocycles. The lowest BCUT2D eigenvalue weighted by molar-refractivity contribution is -0.139. The molecule has 1 aliphatic rings. The van der Waals surface area contributed by atoms with E-state index in [0.717, 1.165) is 5.56 Å². The van der Waals surface area contributed by atoms with Gasteiger partial charge in [-0.3, -0.25) is 9.52 Å². The third-order valence-electron chi connectivity index (χ3n) is 6.31. The van der Waals surface area contributed by atoms with Crippen molar-refractivity contribution in [2.24, 2.45) is 0 Å². The zero-order chi connectivity index (χ0) is 31.6. The number of anilines is 1. The highest BCUT2D eigenvalue weighted by molar-refractivity contribution is 7.93. The molecule has 3 rings (SSSR count). The monoisotopic (exact) mass is 613 g/mol. The Bertz CT molecular complexity index is 1450. The van der Waals surface area contributed by atoms with Crippen LogP contribution in [0.1, 0.15) is 57.2 Å². The van der Waals surface area contributed by atoms with Crippen LogP contribution in [0.2, 0.25) is 0 Å². The minimum absolute atomic E-state index is 0.0278. The molecule has 1 aliphatic heterocycles. The number of carbonyl (C=O) groups excluding carboxylic acids is 2. The zero-order valence-corrected chi connectivity index (χ0v) is 25.7. The van der Waals surface area contributed by atoms with Crippen molar-refractivity contribution in [1.82, 2.24) is 4.90 Å². The van der Waals surface area contributed by atoms with E-state index < -0.39 is 33.5 Å². The third-order valence-corrected chi connectivity index (χ3v) is 7.45. The summed E-state index contributed by atoms with van der Waals surface area (Å²) in [7, 11) is -4.09. The average molecular weight is 614 g/mol. The molecule has 0 spiro atoms. The van der Waals surface area contributed by atoms with Crippen molar-refractivity contribution in [1.29, 1.82) is 5.26 Å². The molecule has 1 atom stereocenters. The van der Waals surface area contributed by atoms with Gasteiger partial charge >= 0.3 is 12.1 Å². The third kappa shape index (κ3) is 11.3. The van der Waals surface area contributed by atoms with E-state index in [-0.39, 0.29) is 30.9 Å². The number of aliphatic hydroxyl groups is 1. The van der Waals surface area contributed by atoms with Crippen molar-refractivity contribution in [3.63, 3.8) is 0 Å². The summed E-state index contributed by atoms with van der Waals surface area (Å²) in [6, 6.07) is 13.7. The van der Waals surface area contributed by atoms with Crippen molar-refractivity contribution < 1.29 is 37.3 Å². The van der Waals surface area contributed by atoms with E-state index in [1.165, 1.54) is 6.07 Å². The second kappa shape index (κ2) is 14.9. The van der Waals surface area contributed by atoms with Crippen LogP contribution in [0.3, 0.4) is 0 Å². The number of piperidine rings is 1. The minimum atomic E-state index is -4.09. The normalized spacial score (nSPS) is 15.0. The van der Waals surface area contributed by atoms with Crippen molar-refractivity contribution >= 4 is 33.8 Å².